The molecule has 1 aromatic carbocycles. The smallest absolute Gasteiger partial charge is 0.260 e. The first-order valence-corrected chi connectivity index (χ1v) is 8.69. The van der Waals surface area contributed by atoms with Crippen molar-refractivity contribution in [3.05, 3.63) is 28.2 Å². The van der Waals surface area contributed by atoms with Crippen LogP contribution in [0.15, 0.2) is 18.2 Å². The van der Waals surface area contributed by atoms with Crippen molar-refractivity contribution in [2.24, 2.45) is 0 Å². The van der Waals surface area contributed by atoms with Gasteiger partial charge < -0.3 is 10.1 Å². The average Bonchev–Trinajstić information content (AvgIpc) is 2.48. The summed E-state index contributed by atoms with van der Waals surface area (Å²) in [6, 6.07) is 4.95. The number of hydrogen-bond donors (Lipinski definition) is 1. The standard InChI is InChI=1S/C17H25Cl2NO2/c1-3-4-5-6-7-8-11-20-17(21)13(2)22-16-10-9-14(18)12-15(16)19/h9-10,12-13H,3-8,11H2,1-2H3,(H,20,21). The molecule has 1 atom stereocenters. The van der Waals surface area contributed by atoms with Gasteiger partial charge in [-0.25, -0.2) is 0 Å². The number of rotatable bonds is 10. The number of carbonyl (C=O) groups excluding carboxylic acids is 1. The van der Waals surface area contributed by atoms with Crippen LogP contribution < -0.4 is 10.1 Å². The number of nitrogens with one attached hydrogen (secondary N) is 1. The van der Waals surface area contributed by atoms with Crippen molar-refractivity contribution in [3.63, 3.8) is 0 Å². The molecular weight excluding hydrogens is 321 g/mol. The topological polar surface area (TPSA) is 38.3 Å². The molecule has 0 fully saturated rings. The van der Waals surface area contributed by atoms with Gasteiger partial charge in [-0.15, -0.1) is 0 Å². The molecule has 0 heterocycles. The van der Waals surface area contributed by atoms with E-state index in [4.69, 9.17) is 27.9 Å². The van der Waals surface area contributed by atoms with Gasteiger partial charge in [0.2, 0.25) is 0 Å². The zero-order chi connectivity index (χ0) is 16.4. The highest BCUT2D eigenvalue weighted by molar-refractivity contribution is 6.35. The number of carbonyl (C=O) groups is 1. The molecule has 1 amide bonds. The maximum atomic E-state index is 12.0. The van der Waals surface area contributed by atoms with E-state index in [1.165, 1.54) is 25.7 Å². The third-order valence-electron chi connectivity index (χ3n) is 3.40. The van der Waals surface area contributed by atoms with Crippen LogP contribution in [-0.4, -0.2) is 18.6 Å². The summed E-state index contributed by atoms with van der Waals surface area (Å²) in [5.74, 6) is 0.341. The van der Waals surface area contributed by atoms with Crippen LogP contribution in [0.2, 0.25) is 10.0 Å². The maximum Gasteiger partial charge on any atom is 0.260 e. The van der Waals surface area contributed by atoms with Crippen molar-refractivity contribution in [2.45, 2.75) is 58.5 Å². The summed E-state index contributed by atoms with van der Waals surface area (Å²) in [4.78, 5) is 12.0. The number of benzene rings is 1. The molecule has 0 spiro atoms. The van der Waals surface area contributed by atoms with Crippen molar-refractivity contribution >= 4 is 29.1 Å². The second kappa shape index (κ2) is 10.7. The number of amides is 1. The predicted octanol–water partition coefficient (Wildman–Crippen LogP) is 5.24. The molecule has 0 aliphatic heterocycles. The van der Waals surface area contributed by atoms with Gasteiger partial charge in [0.05, 0.1) is 5.02 Å². The number of hydrogen-bond acceptors (Lipinski definition) is 2. The summed E-state index contributed by atoms with van der Waals surface area (Å²) in [5.41, 5.74) is 0. The summed E-state index contributed by atoms with van der Waals surface area (Å²) in [6.45, 7) is 4.60. The van der Waals surface area contributed by atoms with E-state index in [1.807, 2.05) is 0 Å². The minimum atomic E-state index is -0.584. The Morgan fingerprint density at radius 2 is 1.86 bits per heavy atom. The number of halogens is 2. The molecule has 124 valence electrons. The van der Waals surface area contributed by atoms with Gasteiger partial charge in [0.1, 0.15) is 5.75 Å². The first-order valence-electron chi connectivity index (χ1n) is 7.94. The van der Waals surface area contributed by atoms with Gasteiger partial charge in [-0.1, -0.05) is 62.2 Å². The van der Waals surface area contributed by atoms with Gasteiger partial charge in [0.15, 0.2) is 6.10 Å². The summed E-state index contributed by atoms with van der Waals surface area (Å²) in [7, 11) is 0. The molecule has 0 aliphatic carbocycles. The van der Waals surface area contributed by atoms with Gasteiger partial charge in [0, 0.05) is 11.6 Å². The monoisotopic (exact) mass is 345 g/mol. The quantitative estimate of drug-likeness (QED) is 0.589. The van der Waals surface area contributed by atoms with Crippen molar-refractivity contribution in [3.8, 4) is 5.75 Å². The molecule has 0 saturated heterocycles. The fourth-order valence-corrected chi connectivity index (χ4v) is 2.53. The van der Waals surface area contributed by atoms with Crippen molar-refractivity contribution in [1.82, 2.24) is 5.32 Å². The van der Waals surface area contributed by atoms with Gasteiger partial charge in [0.25, 0.3) is 5.91 Å². The Morgan fingerprint density at radius 3 is 2.55 bits per heavy atom. The molecule has 0 radical (unpaired) electrons. The first kappa shape index (κ1) is 19.1. The summed E-state index contributed by atoms with van der Waals surface area (Å²) >= 11 is 11.9. The number of ether oxygens (including phenoxy) is 1. The Morgan fingerprint density at radius 1 is 1.18 bits per heavy atom. The van der Waals surface area contributed by atoms with E-state index in [1.54, 1.807) is 25.1 Å². The van der Waals surface area contributed by atoms with E-state index < -0.39 is 6.10 Å². The Kier molecular flexibility index (Phi) is 9.33. The van der Waals surface area contributed by atoms with E-state index in [-0.39, 0.29) is 5.91 Å². The SMILES string of the molecule is CCCCCCCCNC(=O)C(C)Oc1ccc(Cl)cc1Cl. The van der Waals surface area contributed by atoms with Crippen molar-refractivity contribution < 1.29 is 9.53 Å². The lowest BCUT2D eigenvalue weighted by molar-refractivity contribution is -0.127. The summed E-state index contributed by atoms with van der Waals surface area (Å²) in [5, 5.41) is 3.84. The summed E-state index contributed by atoms with van der Waals surface area (Å²) < 4.78 is 5.57. The highest BCUT2D eigenvalue weighted by Gasteiger charge is 2.15. The predicted molar refractivity (Wildman–Crippen MR) is 92.9 cm³/mol. The highest BCUT2D eigenvalue weighted by atomic mass is 35.5. The third kappa shape index (κ3) is 7.37. The lowest BCUT2D eigenvalue weighted by Crippen LogP contribution is -2.36. The highest BCUT2D eigenvalue weighted by Crippen LogP contribution is 2.28. The maximum absolute atomic E-state index is 12.0. The molecule has 1 unspecified atom stereocenters. The molecule has 0 saturated carbocycles. The van der Waals surface area contributed by atoms with Crippen LogP contribution in [0.4, 0.5) is 0 Å². The normalized spacial score (nSPS) is 12.0. The van der Waals surface area contributed by atoms with Crippen molar-refractivity contribution in [2.75, 3.05) is 6.54 Å². The van der Waals surface area contributed by atoms with E-state index >= 15 is 0 Å². The number of unbranched alkanes of at least 4 members (excludes halogenated alkanes) is 5. The summed E-state index contributed by atoms with van der Waals surface area (Å²) in [6.07, 6.45) is 6.62. The Labute approximate surface area is 143 Å². The molecule has 0 aliphatic rings. The van der Waals surface area contributed by atoms with E-state index in [2.05, 4.69) is 12.2 Å². The second-order valence-corrected chi connectivity index (χ2v) is 6.24. The second-order valence-electron chi connectivity index (χ2n) is 5.39. The third-order valence-corrected chi connectivity index (χ3v) is 3.93. The lowest BCUT2D eigenvalue weighted by Gasteiger charge is -2.15. The molecule has 3 nitrogen and oxygen atoms in total. The first-order chi connectivity index (χ1) is 10.5. The van der Waals surface area contributed by atoms with Crippen LogP contribution >= 0.6 is 23.2 Å². The molecule has 5 heteroatoms. The van der Waals surface area contributed by atoms with E-state index in [0.29, 0.717) is 22.3 Å². The largest absolute Gasteiger partial charge is 0.479 e. The Balaban J connectivity index is 2.24. The minimum Gasteiger partial charge on any atom is -0.479 e. The molecule has 0 aromatic heterocycles. The molecule has 0 bridgehead atoms. The van der Waals surface area contributed by atoms with Crippen LogP contribution in [-0.2, 0) is 4.79 Å². The molecule has 1 N–H and O–H groups in total. The van der Waals surface area contributed by atoms with Crippen molar-refractivity contribution in [1.29, 1.82) is 0 Å². The average molecular weight is 346 g/mol. The Hall–Kier alpha value is -0.930. The zero-order valence-corrected chi connectivity index (χ0v) is 14.8. The Bertz CT molecular complexity index is 466. The van der Waals surface area contributed by atoms with Crippen LogP contribution in [0, 0.1) is 0 Å². The fourth-order valence-electron chi connectivity index (χ4n) is 2.08. The molecule has 1 aromatic rings. The van der Waals surface area contributed by atoms with Crippen LogP contribution in [0.1, 0.15) is 52.4 Å². The van der Waals surface area contributed by atoms with E-state index in [0.717, 1.165) is 12.8 Å². The molecular formula is C17H25Cl2NO2. The van der Waals surface area contributed by atoms with Gasteiger partial charge in [-0.3, -0.25) is 4.79 Å². The van der Waals surface area contributed by atoms with Gasteiger partial charge in [-0.2, -0.15) is 0 Å². The van der Waals surface area contributed by atoms with Crippen LogP contribution in [0.5, 0.6) is 5.75 Å². The minimum absolute atomic E-state index is 0.125. The van der Waals surface area contributed by atoms with Gasteiger partial charge in [-0.05, 0) is 31.5 Å². The van der Waals surface area contributed by atoms with E-state index in [9.17, 15) is 4.79 Å². The lowest BCUT2D eigenvalue weighted by atomic mass is 10.1. The van der Waals surface area contributed by atoms with Crippen LogP contribution in [0.3, 0.4) is 0 Å². The molecule has 22 heavy (non-hydrogen) atoms. The molecule has 1 rings (SSSR count). The fraction of sp³-hybridized carbons (Fsp3) is 0.588. The zero-order valence-electron chi connectivity index (χ0n) is 13.3. The van der Waals surface area contributed by atoms with Gasteiger partial charge >= 0.3 is 0 Å². The van der Waals surface area contributed by atoms with Crippen LogP contribution in [0.25, 0.3) is 0 Å².